The molecule has 0 amide bonds. The highest BCUT2D eigenvalue weighted by atomic mass is 127. The van der Waals surface area contributed by atoms with Crippen molar-refractivity contribution in [1.82, 2.24) is 5.43 Å². The molecule has 0 fully saturated rings. The summed E-state index contributed by atoms with van der Waals surface area (Å²) in [7, 11) is 0. The Bertz CT molecular complexity index is 622. The summed E-state index contributed by atoms with van der Waals surface area (Å²) in [6, 6.07) is -2.62. The molecule has 3 nitrogen and oxygen atoms in total. The van der Waals surface area contributed by atoms with Crippen LogP contribution in [0.5, 0.6) is 5.75 Å². The second-order valence-electron chi connectivity index (χ2n) is 4.26. The number of hydrazone groups is 1. The van der Waals surface area contributed by atoms with Gasteiger partial charge in [0.2, 0.25) is 0 Å². The second-order valence-corrected chi connectivity index (χ2v) is 6.33. The van der Waals surface area contributed by atoms with Gasteiger partial charge in [0.15, 0.2) is 0 Å². The lowest BCUT2D eigenvalue weighted by Gasteiger charge is -2.27. The molecule has 1 aromatic rings. The SMILES string of the molecule is CCOc1c(I)cc(Br)cc1/C=N\NC(F)(F)C(F)(F)C(F)(F)F. The quantitative estimate of drug-likeness (QED) is 0.179. The zero-order chi connectivity index (χ0) is 18.8. The zero-order valence-corrected chi connectivity index (χ0v) is 15.4. The molecule has 0 atom stereocenters. The molecule has 0 heterocycles. The second kappa shape index (κ2) is 7.62. The van der Waals surface area contributed by atoms with E-state index in [4.69, 9.17) is 4.74 Å². The number of benzene rings is 1. The van der Waals surface area contributed by atoms with Crippen LogP contribution in [0.1, 0.15) is 12.5 Å². The van der Waals surface area contributed by atoms with Crippen LogP contribution in [0.4, 0.5) is 30.7 Å². The van der Waals surface area contributed by atoms with E-state index in [-0.39, 0.29) is 17.9 Å². The van der Waals surface area contributed by atoms with Crippen molar-refractivity contribution < 1.29 is 35.5 Å². The average Bonchev–Trinajstić information content (AvgIpc) is 2.40. The molecule has 12 heteroatoms. The minimum absolute atomic E-state index is 0.106. The van der Waals surface area contributed by atoms with Crippen LogP contribution in [0.25, 0.3) is 0 Å². The van der Waals surface area contributed by atoms with Crippen molar-refractivity contribution in [1.29, 1.82) is 0 Å². The Hall–Kier alpha value is -0.790. The van der Waals surface area contributed by atoms with Crippen molar-refractivity contribution in [2.75, 3.05) is 6.61 Å². The van der Waals surface area contributed by atoms with Crippen molar-refractivity contribution in [3.05, 3.63) is 25.7 Å². The molecule has 0 aliphatic carbocycles. The van der Waals surface area contributed by atoms with E-state index in [1.807, 2.05) is 22.6 Å². The first-order valence-corrected chi connectivity index (χ1v) is 7.95. The van der Waals surface area contributed by atoms with Crippen LogP contribution in [-0.2, 0) is 0 Å². The summed E-state index contributed by atoms with van der Waals surface area (Å²) < 4.78 is 93.9. The van der Waals surface area contributed by atoms with Crippen molar-refractivity contribution in [2.24, 2.45) is 5.10 Å². The van der Waals surface area contributed by atoms with Gasteiger partial charge >= 0.3 is 18.1 Å². The van der Waals surface area contributed by atoms with Crippen LogP contribution in [0, 0.1) is 3.57 Å². The fourth-order valence-corrected chi connectivity index (χ4v) is 3.11. The van der Waals surface area contributed by atoms with Gasteiger partial charge in [-0.25, -0.2) is 5.43 Å². The Morgan fingerprint density at radius 3 is 2.29 bits per heavy atom. The first kappa shape index (κ1) is 21.3. The van der Waals surface area contributed by atoms with Crippen LogP contribution in [0.3, 0.4) is 0 Å². The number of nitrogens with zero attached hydrogens (tertiary/aromatic N) is 1. The molecule has 0 unspecified atom stereocenters. The van der Waals surface area contributed by atoms with Gasteiger partial charge in [-0.15, -0.1) is 0 Å². The maximum absolute atomic E-state index is 13.1. The van der Waals surface area contributed by atoms with Crippen LogP contribution >= 0.6 is 38.5 Å². The summed E-state index contributed by atoms with van der Waals surface area (Å²) in [6.07, 6.45) is -5.76. The Kier molecular flexibility index (Phi) is 6.75. The molecule has 0 radical (unpaired) electrons. The Labute approximate surface area is 153 Å². The number of alkyl halides is 7. The van der Waals surface area contributed by atoms with E-state index in [0.29, 0.717) is 19.7 Å². The molecule has 0 spiro atoms. The van der Waals surface area contributed by atoms with Crippen molar-refractivity contribution in [2.45, 2.75) is 25.1 Å². The molecular weight excluding hydrogens is 528 g/mol. The molecular formula is C12H9BrF7IN2O. The maximum atomic E-state index is 13.1. The molecule has 1 N–H and O–H groups in total. The first-order valence-electron chi connectivity index (χ1n) is 6.08. The standard InChI is InChI=1S/C12H9BrF7IN2O/c1-2-24-9-6(3-7(13)4-8(9)21)5-22-23-12(19,20)10(14,15)11(16,17)18/h3-5,23H,2H2,1H3/b22-5-. The highest BCUT2D eigenvalue weighted by molar-refractivity contribution is 14.1. The summed E-state index contributed by atoms with van der Waals surface area (Å²) in [5.74, 6) is -6.07. The monoisotopic (exact) mass is 536 g/mol. The molecule has 0 bridgehead atoms. The maximum Gasteiger partial charge on any atom is 0.462 e. The largest absolute Gasteiger partial charge is 0.492 e. The number of ether oxygens (including phenoxy) is 1. The van der Waals surface area contributed by atoms with E-state index in [1.54, 1.807) is 13.0 Å². The molecule has 0 aliphatic rings. The summed E-state index contributed by atoms with van der Waals surface area (Å²) >= 11 is 5.00. The lowest BCUT2D eigenvalue weighted by atomic mass is 10.2. The summed E-state index contributed by atoms with van der Waals surface area (Å²) in [5, 5.41) is 2.81. The number of halogens is 9. The molecule has 0 saturated heterocycles. The van der Waals surface area contributed by atoms with E-state index in [2.05, 4.69) is 21.0 Å². The molecule has 0 aromatic heterocycles. The van der Waals surface area contributed by atoms with E-state index < -0.39 is 18.1 Å². The van der Waals surface area contributed by atoms with Crippen molar-refractivity contribution >= 4 is 44.7 Å². The van der Waals surface area contributed by atoms with Crippen molar-refractivity contribution in [3.8, 4) is 5.75 Å². The minimum Gasteiger partial charge on any atom is -0.492 e. The van der Waals surface area contributed by atoms with E-state index in [1.165, 1.54) is 6.07 Å². The first-order chi connectivity index (χ1) is 10.8. The third-order valence-corrected chi connectivity index (χ3v) is 3.74. The number of hydrogen-bond donors (Lipinski definition) is 1. The third-order valence-electron chi connectivity index (χ3n) is 2.48. The molecule has 0 aliphatic heterocycles. The number of hydrogen-bond acceptors (Lipinski definition) is 3. The van der Waals surface area contributed by atoms with E-state index in [0.717, 1.165) is 0 Å². The van der Waals surface area contributed by atoms with Crippen molar-refractivity contribution in [3.63, 3.8) is 0 Å². The Morgan fingerprint density at radius 2 is 1.79 bits per heavy atom. The van der Waals surface area contributed by atoms with Gasteiger partial charge < -0.3 is 4.74 Å². The van der Waals surface area contributed by atoms with Gasteiger partial charge in [0.05, 0.1) is 16.4 Å². The third kappa shape index (κ3) is 4.64. The lowest BCUT2D eigenvalue weighted by molar-refractivity contribution is -0.361. The summed E-state index contributed by atoms with van der Waals surface area (Å²) in [5.41, 5.74) is 0.661. The van der Waals surface area contributed by atoms with Gasteiger partial charge in [0.1, 0.15) is 5.75 Å². The normalized spacial score (nSPS) is 13.4. The van der Waals surface area contributed by atoms with Crippen LogP contribution in [-0.4, -0.2) is 31.0 Å². The minimum atomic E-state index is -6.43. The number of rotatable bonds is 6. The zero-order valence-electron chi connectivity index (χ0n) is 11.7. The van der Waals surface area contributed by atoms with Crippen LogP contribution < -0.4 is 10.2 Å². The van der Waals surface area contributed by atoms with Gasteiger partial charge in [-0.3, -0.25) is 0 Å². The molecule has 1 rings (SSSR count). The number of nitrogens with one attached hydrogen (secondary N) is 1. The molecule has 136 valence electrons. The topological polar surface area (TPSA) is 33.6 Å². The fraction of sp³-hybridized carbons (Fsp3) is 0.417. The van der Waals surface area contributed by atoms with E-state index in [9.17, 15) is 30.7 Å². The van der Waals surface area contributed by atoms with Crippen LogP contribution in [0.2, 0.25) is 0 Å². The highest BCUT2D eigenvalue weighted by Crippen LogP contribution is 2.45. The Balaban J connectivity index is 3.07. The predicted molar refractivity (Wildman–Crippen MR) is 84.7 cm³/mol. The summed E-state index contributed by atoms with van der Waals surface area (Å²) in [4.78, 5) is 0. The smallest absolute Gasteiger partial charge is 0.462 e. The van der Waals surface area contributed by atoms with Gasteiger partial charge in [-0.1, -0.05) is 15.9 Å². The molecule has 1 aromatic carbocycles. The van der Waals surface area contributed by atoms with Gasteiger partial charge in [-0.2, -0.15) is 35.8 Å². The molecule has 0 saturated carbocycles. The highest BCUT2D eigenvalue weighted by Gasteiger charge is 2.73. The lowest BCUT2D eigenvalue weighted by Crippen LogP contribution is -2.58. The van der Waals surface area contributed by atoms with E-state index >= 15 is 0 Å². The fourth-order valence-electron chi connectivity index (χ4n) is 1.40. The van der Waals surface area contributed by atoms with Crippen LogP contribution in [0.15, 0.2) is 21.7 Å². The average molecular weight is 537 g/mol. The summed E-state index contributed by atoms with van der Waals surface area (Å²) in [6.45, 7) is 1.86. The van der Waals surface area contributed by atoms with Gasteiger partial charge in [0, 0.05) is 10.0 Å². The van der Waals surface area contributed by atoms with Gasteiger partial charge in [-0.05, 0) is 41.6 Å². The Morgan fingerprint density at radius 1 is 1.21 bits per heavy atom. The van der Waals surface area contributed by atoms with Gasteiger partial charge in [0.25, 0.3) is 0 Å². The molecule has 24 heavy (non-hydrogen) atoms. The predicted octanol–water partition coefficient (Wildman–Crippen LogP) is 5.17.